The molecule has 1 aliphatic heterocycles. The van der Waals surface area contributed by atoms with Gasteiger partial charge in [0.15, 0.2) is 0 Å². The fourth-order valence-electron chi connectivity index (χ4n) is 2.67. The maximum atomic E-state index is 12.4. The molecule has 0 unspecified atom stereocenters. The molecule has 24 heavy (non-hydrogen) atoms. The van der Waals surface area contributed by atoms with Gasteiger partial charge in [0.05, 0.1) is 10.6 Å². The van der Waals surface area contributed by atoms with Crippen molar-refractivity contribution in [1.29, 1.82) is 0 Å². The first-order valence-electron chi connectivity index (χ1n) is 7.88. The summed E-state index contributed by atoms with van der Waals surface area (Å²) in [6, 6.07) is 10.6. The molecule has 1 aromatic carbocycles. The fraction of sp³-hybridized carbons (Fsp3) is 0.278. The first kappa shape index (κ1) is 16.5. The summed E-state index contributed by atoms with van der Waals surface area (Å²) >= 11 is 1.53. The van der Waals surface area contributed by atoms with E-state index in [4.69, 9.17) is 0 Å². The first-order valence-corrected chi connectivity index (χ1v) is 9.10. The molecule has 2 aromatic rings. The van der Waals surface area contributed by atoms with Crippen molar-refractivity contribution >= 4 is 29.3 Å². The van der Waals surface area contributed by atoms with Gasteiger partial charge in [-0.15, -0.1) is 11.8 Å². The second kappa shape index (κ2) is 7.49. The van der Waals surface area contributed by atoms with E-state index < -0.39 is 0 Å². The Balaban J connectivity index is 1.71. The highest BCUT2D eigenvalue weighted by atomic mass is 32.2. The van der Waals surface area contributed by atoms with E-state index in [1.807, 2.05) is 17.2 Å². The molecule has 1 aliphatic rings. The zero-order chi connectivity index (χ0) is 16.9. The number of pyridine rings is 1. The molecule has 2 heterocycles. The lowest BCUT2D eigenvalue weighted by molar-refractivity contribution is 0.0792. The van der Waals surface area contributed by atoms with Gasteiger partial charge in [0.1, 0.15) is 0 Å². The van der Waals surface area contributed by atoms with Crippen LogP contribution in [-0.2, 0) is 0 Å². The van der Waals surface area contributed by atoms with Crippen molar-refractivity contribution in [3.63, 3.8) is 0 Å². The van der Waals surface area contributed by atoms with Gasteiger partial charge in [-0.25, -0.2) is 4.98 Å². The molecule has 0 bridgehead atoms. The molecule has 1 aromatic heterocycles. The number of hydrogen-bond acceptors (Lipinski definition) is 4. The van der Waals surface area contributed by atoms with E-state index in [0.717, 1.165) is 31.0 Å². The maximum absolute atomic E-state index is 12.4. The number of anilines is 1. The summed E-state index contributed by atoms with van der Waals surface area (Å²) in [7, 11) is 0. The molecule has 6 heteroatoms. The average molecular weight is 341 g/mol. The molecule has 124 valence electrons. The SMILES string of the molecule is CSc1ccc(C(=O)Nc2cccc(C(=O)N3CCCC3)c2)cn1. The summed E-state index contributed by atoms with van der Waals surface area (Å²) in [5.74, 6) is -0.212. The molecule has 0 saturated carbocycles. The number of likely N-dealkylation sites (tertiary alicyclic amines) is 1. The van der Waals surface area contributed by atoms with Gasteiger partial charge in [0.25, 0.3) is 11.8 Å². The molecule has 5 nitrogen and oxygen atoms in total. The molecule has 1 saturated heterocycles. The number of thioether (sulfide) groups is 1. The van der Waals surface area contributed by atoms with Gasteiger partial charge in [-0.2, -0.15) is 0 Å². The van der Waals surface area contributed by atoms with Crippen molar-refractivity contribution in [2.75, 3.05) is 24.7 Å². The summed E-state index contributed by atoms with van der Waals surface area (Å²) in [6.45, 7) is 1.62. The Labute approximate surface area is 145 Å². The van der Waals surface area contributed by atoms with Crippen LogP contribution >= 0.6 is 11.8 Å². The Morgan fingerprint density at radius 3 is 2.58 bits per heavy atom. The van der Waals surface area contributed by atoms with Crippen molar-refractivity contribution in [3.05, 3.63) is 53.7 Å². The van der Waals surface area contributed by atoms with E-state index in [0.29, 0.717) is 16.8 Å². The van der Waals surface area contributed by atoms with Crippen LogP contribution in [0.5, 0.6) is 0 Å². The highest BCUT2D eigenvalue weighted by Gasteiger charge is 2.19. The molecule has 0 atom stereocenters. The van der Waals surface area contributed by atoms with Crippen molar-refractivity contribution in [2.24, 2.45) is 0 Å². The summed E-state index contributed by atoms with van der Waals surface area (Å²) in [5.41, 5.74) is 1.70. The van der Waals surface area contributed by atoms with Gasteiger partial charge in [0, 0.05) is 30.5 Å². The Kier molecular flexibility index (Phi) is 5.15. The Morgan fingerprint density at radius 2 is 1.92 bits per heavy atom. The van der Waals surface area contributed by atoms with Crippen molar-refractivity contribution in [1.82, 2.24) is 9.88 Å². The van der Waals surface area contributed by atoms with E-state index in [2.05, 4.69) is 10.3 Å². The topological polar surface area (TPSA) is 62.3 Å². The van der Waals surface area contributed by atoms with Gasteiger partial charge >= 0.3 is 0 Å². The van der Waals surface area contributed by atoms with Gasteiger partial charge in [-0.3, -0.25) is 9.59 Å². The van der Waals surface area contributed by atoms with Crippen LogP contribution in [0.3, 0.4) is 0 Å². The van der Waals surface area contributed by atoms with Crippen molar-refractivity contribution in [3.8, 4) is 0 Å². The summed E-state index contributed by atoms with van der Waals surface area (Å²) < 4.78 is 0. The maximum Gasteiger partial charge on any atom is 0.257 e. The minimum absolute atomic E-state index is 0.0228. The molecule has 1 N–H and O–H groups in total. The summed E-state index contributed by atoms with van der Waals surface area (Å²) in [4.78, 5) is 30.8. The minimum atomic E-state index is -0.235. The normalized spacial score (nSPS) is 13.8. The number of amides is 2. The van der Waals surface area contributed by atoms with Crippen LogP contribution in [0.25, 0.3) is 0 Å². The zero-order valence-electron chi connectivity index (χ0n) is 13.5. The van der Waals surface area contributed by atoms with Gasteiger partial charge in [-0.1, -0.05) is 6.07 Å². The predicted molar refractivity (Wildman–Crippen MR) is 95.6 cm³/mol. The number of nitrogens with zero attached hydrogens (tertiary/aromatic N) is 2. The molecule has 1 fully saturated rings. The van der Waals surface area contributed by atoms with Crippen LogP contribution < -0.4 is 5.32 Å². The third-order valence-corrected chi connectivity index (χ3v) is 4.63. The number of benzene rings is 1. The second-order valence-electron chi connectivity index (χ2n) is 5.62. The Bertz CT molecular complexity index is 740. The lowest BCUT2D eigenvalue weighted by Crippen LogP contribution is -2.27. The molecule has 0 radical (unpaired) electrons. The molecule has 2 amide bonds. The quantitative estimate of drug-likeness (QED) is 0.867. The van der Waals surface area contributed by atoms with Gasteiger partial charge in [-0.05, 0) is 49.4 Å². The number of hydrogen-bond donors (Lipinski definition) is 1. The third kappa shape index (κ3) is 3.76. The molecule has 3 rings (SSSR count). The van der Waals surface area contributed by atoms with Crippen molar-refractivity contribution in [2.45, 2.75) is 17.9 Å². The predicted octanol–water partition coefficient (Wildman–Crippen LogP) is 3.29. The lowest BCUT2D eigenvalue weighted by atomic mass is 10.1. The van der Waals surface area contributed by atoms with E-state index in [-0.39, 0.29) is 11.8 Å². The number of rotatable bonds is 4. The molecule has 0 spiro atoms. The molecular formula is C18H19N3O2S. The Hall–Kier alpha value is -2.34. The number of nitrogens with one attached hydrogen (secondary N) is 1. The fourth-order valence-corrected chi connectivity index (χ4v) is 3.03. The second-order valence-corrected chi connectivity index (χ2v) is 6.45. The van der Waals surface area contributed by atoms with Gasteiger partial charge in [0.2, 0.25) is 0 Å². The Morgan fingerprint density at radius 1 is 1.12 bits per heavy atom. The molecule has 0 aliphatic carbocycles. The van der Waals surface area contributed by atoms with Crippen LogP contribution in [0, 0.1) is 0 Å². The van der Waals surface area contributed by atoms with E-state index >= 15 is 0 Å². The van der Waals surface area contributed by atoms with E-state index in [9.17, 15) is 9.59 Å². The largest absolute Gasteiger partial charge is 0.339 e. The van der Waals surface area contributed by atoms with Crippen LogP contribution in [-0.4, -0.2) is 41.0 Å². The third-order valence-electron chi connectivity index (χ3n) is 3.97. The number of aromatic nitrogens is 1. The standard InChI is InChI=1S/C18H19N3O2S/c1-24-16-8-7-14(12-19-16)17(22)20-15-6-4-5-13(11-15)18(23)21-9-2-3-10-21/h4-8,11-12H,2-3,9-10H2,1H3,(H,20,22). The number of carbonyl (C=O) groups excluding carboxylic acids is 2. The number of carbonyl (C=O) groups is 2. The summed E-state index contributed by atoms with van der Waals surface area (Å²) in [5, 5.41) is 3.69. The highest BCUT2D eigenvalue weighted by molar-refractivity contribution is 7.98. The smallest absolute Gasteiger partial charge is 0.257 e. The van der Waals surface area contributed by atoms with Crippen molar-refractivity contribution < 1.29 is 9.59 Å². The average Bonchev–Trinajstić information content (AvgIpc) is 3.16. The van der Waals surface area contributed by atoms with Crippen LogP contribution in [0.15, 0.2) is 47.6 Å². The monoisotopic (exact) mass is 341 g/mol. The first-order chi connectivity index (χ1) is 11.7. The molecular weight excluding hydrogens is 322 g/mol. The van der Waals surface area contributed by atoms with E-state index in [1.165, 1.54) is 11.8 Å². The highest BCUT2D eigenvalue weighted by Crippen LogP contribution is 2.17. The van der Waals surface area contributed by atoms with Crippen LogP contribution in [0.2, 0.25) is 0 Å². The lowest BCUT2D eigenvalue weighted by Gasteiger charge is -2.15. The zero-order valence-corrected chi connectivity index (χ0v) is 14.3. The van der Waals surface area contributed by atoms with Crippen LogP contribution in [0.1, 0.15) is 33.6 Å². The minimum Gasteiger partial charge on any atom is -0.339 e. The van der Waals surface area contributed by atoms with E-state index in [1.54, 1.807) is 36.5 Å². The van der Waals surface area contributed by atoms with Gasteiger partial charge < -0.3 is 10.2 Å². The summed E-state index contributed by atoms with van der Waals surface area (Å²) in [6.07, 6.45) is 5.60. The van der Waals surface area contributed by atoms with Crippen LogP contribution in [0.4, 0.5) is 5.69 Å².